The Balaban J connectivity index is 1.83. The average molecular weight is 280 g/mol. The van der Waals surface area contributed by atoms with Crippen molar-refractivity contribution in [1.82, 2.24) is 10.2 Å². The highest BCUT2D eigenvalue weighted by molar-refractivity contribution is 5.91. The van der Waals surface area contributed by atoms with Gasteiger partial charge in [0.15, 0.2) is 5.76 Å². The van der Waals surface area contributed by atoms with Crippen molar-refractivity contribution in [2.45, 2.75) is 38.8 Å². The molecule has 2 heterocycles. The van der Waals surface area contributed by atoms with Crippen LogP contribution in [0.25, 0.3) is 0 Å². The normalized spacial score (nSPS) is 18.9. The summed E-state index contributed by atoms with van der Waals surface area (Å²) in [5.41, 5.74) is -0.507. The van der Waals surface area contributed by atoms with E-state index in [0.29, 0.717) is 19.5 Å². The van der Waals surface area contributed by atoms with Crippen LogP contribution in [0.4, 0.5) is 4.79 Å². The highest BCUT2D eigenvalue weighted by atomic mass is 16.6. The molecule has 0 bridgehead atoms. The van der Waals surface area contributed by atoms with Gasteiger partial charge in [-0.05, 0) is 39.3 Å². The molecule has 1 unspecified atom stereocenters. The average Bonchev–Trinajstić information content (AvgIpc) is 2.97. The molecule has 1 aromatic heterocycles. The predicted octanol–water partition coefficient (Wildman–Crippen LogP) is 2.02. The lowest BCUT2D eigenvalue weighted by atomic mass is 10.2. The largest absolute Gasteiger partial charge is 0.459 e. The lowest BCUT2D eigenvalue weighted by Crippen LogP contribution is -2.40. The van der Waals surface area contributed by atoms with Gasteiger partial charge < -0.3 is 19.4 Å². The quantitative estimate of drug-likeness (QED) is 0.899. The summed E-state index contributed by atoms with van der Waals surface area (Å²) in [4.78, 5) is 25.3. The molecule has 1 saturated heterocycles. The molecule has 0 saturated carbocycles. The Morgan fingerprint density at radius 3 is 2.80 bits per heavy atom. The second-order valence-corrected chi connectivity index (χ2v) is 5.86. The number of carbonyl (C=O) groups excluding carboxylic acids is 2. The van der Waals surface area contributed by atoms with E-state index in [1.54, 1.807) is 17.0 Å². The first-order valence-electron chi connectivity index (χ1n) is 6.67. The number of likely N-dealkylation sites (tertiary alicyclic amines) is 1. The van der Waals surface area contributed by atoms with E-state index < -0.39 is 5.60 Å². The van der Waals surface area contributed by atoms with Crippen LogP contribution in [0.3, 0.4) is 0 Å². The molecule has 1 N–H and O–H groups in total. The maximum absolute atomic E-state index is 11.9. The van der Waals surface area contributed by atoms with Gasteiger partial charge in [-0.25, -0.2) is 4.79 Å². The third-order valence-electron chi connectivity index (χ3n) is 2.92. The van der Waals surface area contributed by atoms with E-state index in [-0.39, 0.29) is 23.8 Å². The third-order valence-corrected chi connectivity index (χ3v) is 2.92. The number of rotatable bonds is 2. The maximum Gasteiger partial charge on any atom is 0.410 e. The summed E-state index contributed by atoms with van der Waals surface area (Å²) in [5.74, 6) is 0.0201. The van der Waals surface area contributed by atoms with Gasteiger partial charge in [0, 0.05) is 19.1 Å². The minimum atomic E-state index is -0.507. The van der Waals surface area contributed by atoms with Crippen molar-refractivity contribution >= 4 is 12.0 Å². The highest BCUT2D eigenvalue weighted by Crippen LogP contribution is 2.15. The van der Waals surface area contributed by atoms with Crippen LogP contribution >= 0.6 is 0 Å². The molecular weight excluding hydrogens is 260 g/mol. The van der Waals surface area contributed by atoms with E-state index in [2.05, 4.69) is 5.32 Å². The number of nitrogens with zero attached hydrogens (tertiary/aromatic N) is 1. The SMILES string of the molecule is CC(C)(C)OC(=O)N1CCC(NC(=O)c2ccco2)C1. The maximum atomic E-state index is 11.9. The lowest BCUT2D eigenvalue weighted by Gasteiger charge is -2.24. The molecule has 0 aliphatic carbocycles. The van der Waals surface area contributed by atoms with Crippen molar-refractivity contribution in [1.29, 1.82) is 0 Å². The van der Waals surface area contributed by atoms with Gasteiger partial charge in [-0.3, -0.25) is 4.79 Å². The van der Waals surface area contributed by atoms with E-state index in [4.69, 9.17) is 9.15 Å². The number of nitrogens with one attached hydrogen (secondary N) is 1. The van der Waals surface area contributed by atoms with Crippen molar-refractivity contribution in [3.05, 3.63) is 24.2 Å². The monoisotopic (exact) mass is 280 g/mol. The molecule has 2 rings (SSSR count). The van der Waals surface area contributed by atoms with Gasteiger partial charge in [0.1, 0.15) is 5.60 Å². The van der Waals surface area contributed by atoms with Crippen molar-refractivity contribution < 1.29 is 18.7 Å². The first-order valence-corrected chi connectivity index (χ1v) is 6.67. The van der Waals surface area contributed by atoms with E-state index in [1.807, 2.05) is 20.8 Å². The molecule has 1 aliphatic rings. The Hall–Kier alpha value is -1.98. The predicted molar refractivity (Wildman–Crippen MR) is 72.4 cm³/mol. The Morgan fingerprint density at radius 1 is 1.45 bits per heavy atom. The minimum Gasteiger partial charge on any atom is -0.459 e. The molecule has 2 amide bonds. The molecule has 1 atom stereocenters. The molecule has 110 valence electrons. The fourth-order valence-corrected chi connectivity index (χ4v) is 2.03. The molecular formula is C14H20N2O4. The van der Waals surface area contributed by atoms with Crippen LogP contribution in [0, 0.1) is 0 Å². The van der Waals surface area contributed by atoms with Gasteiger partial charge in [0.25, 0.3) is 5.91 Å². The van der Waals surface area contributed by atoms with Gasteiger partial charge in [-0.2, -0.15) is 0 Å². The number of carbonyl (C=O) groups is 2. The molecule has 6 heteroatoms. The van der Waals surface area contributed by atoms with Crippen LogP contribution in [-0.2, 0) is 4.74 Å². The summed E-state index contributed by atoms with van der Waals surface area (Å²) >= 11 is 0. The fourth-order valence-electron chi connectivity index (χ4n) is 2.03. The second-order valence-electron chi connectivity index (χ2n) is 5.86. The van der Waals surface area contributed by atoms with Crippen molar-refractivity contribution in [3.8, 4) is 0 Å². The molecule has 0 aromatic carbocycles. The minimum absolute atomic E-state index is 0.0693. The number of amides is 2. The van der Waals surface area contributed by atoms with Crippen molar-refractivity contribution in [2.75, 3.05) is 13.1 Å². The Bertz CT molecular complexity index is 476. The van der Waals surface area contributed by atoms with Gasteiger partial charge in [0.05, 0.1) is 6.26 Å². The molecule has 1 aromatic rings. The van der Waals surface area contributed by atoms with Crippen LogP contribution in [-0.4, -0.2) is 41.6 Å². The van der Waals surface area contributed by atoms with E-state index in [0.717, 1.165) is 0 Å². The zero-order valence-electron chi connectivity index (χ0n) is 12.0. The topological polar surface area (TPSA) is 71.8 Å². The summed E-state index contributed by atoms with van der Waals surface area (Å²) < 4.78 is 10.3. The Labute approximate surface area is 118 Å². The highest BCUT2D eigenvalue weighted by Gasteiger charge is 2.30. The molecule has 6 nitrogen and oxygen atoms in total. The van der Waals surface area contributed by atoms with Crippen LogP contribution < -0.4 is 5.32 Å². The standard InChI is InChI=1S/C14H20N2O4/c1-14(2,3)20-13(18)16-7-6-10(9-16)15-12(17)11-5-4-8-19-11/h4-5,8,10H,6-7,9H2,1-3H3,(H,15,17). The van der Waals surface area contributed by atoms with Gasteiger partial charge in [-0.15, -0.1) is 0 Å². The van der Waals surface area contributed by atoms with Crippen LogP contribution in [0.15, 0.2) is 22.8 Å². The molecule has 0 spiro atoms. The zero-order chi connectivity index (χ0) is 14.8. The number of furan rings is 1. The number of hydrogen-bond acceptors (Lipinski definition) is 4. The summed E-state index contributed by atoms with van der Waals surface area (Å²) in [7, 11) is 0. The molecule has 0 radical (unpaired) electrons. The van der Waals surface area contributed by atoms with Crippen LogP contribution in [0.5, 0.6) is 0 Å². The smallest absolute Gasteiger partial charge is 0.410 e. The molecule has 1 aliphatic heterocycles. The lowest BCUT2D eigenvalue weighted by molar-refractivity contribution is 0.0290. The second kappa shape index (κ2) is 5.56. The van der Waals surface area contributed by atoms with Crippen molar-refractivity contribution in [2.24, 2.45) is 0 Å². The summed E-state index contributed by atoms with van der Waals surface area (Å²) in [5, 5.41) is 2.85. The third kappa shape index (κ3) is 3.76. The Morgan fingerprint density at radius 2 is 2.20 bits per heavy atom. The van der Waals surface area contributed by atoms with E-state index in [1.165, 1.54) is 6.26 Å². The summed E-state index contributed by atoms with van der Waals surface area (Å²) in [6.07, 6.45) is 1.83. The van der Waals surface area contributed by atoms with E-state index in [9.17, 15) is 9.59 Å². The summed E-state index contributed by atoms with van der Waals surface area (Å²) in [6, 6.07) is 3.20. The van der Waals surface area contributed by atoms with Crippen LogP contribution in [0.1, 0.15) is 37.7 Å². The van der Waals surface area contributed by atoms with Crippen LogP contribution in [0.2, 0.25) is 0 Å². The summed E-state index contributed by atoms with van der Waals surface area (Å²) in [6.45, 7) is 6.53. The van der Waals surface area contributed by atoms with Crippen molar-refractivity contribution in [3.63, 3.8) is 0 Å². The Kier molecular flexibility index (Phi) is 4.01. The van der Waals surface area contributed by atoms with Gasteiger partial charge in [-0.1, -0.05) is 0 Å². The number of ether oxygens (including phenoxy) is 1. The molecule has 1 fully saturated rings. The first-order chi connectivity index (χ1) is 9.35. The van der Waals surface area contributed by atoms with Gasteiger partial charge >= 0.3 is 6.09 Å². The molecule has 20 heavy (non-hydrogen) atoms. The zero-order valence-corrected chi connectivity index (χ0v) is 12.0. The van der Waals surface area contributed by atoms with Gasteiger partial charge in [0.2, 0.25) is 0 Å². The fraction of sp³-hybridized carbons (Fsp3) is 0.571. The first kappa shape index (κ1) is 14.4. The number of hydrogen-bond donors (Lipinski definition) is 1. The van der Waals surface area contributed by atoms with E-state index >= 15 is 0 Å².